The molecule has 1 aromatic carbocycles. The molecule has 18 heavy (non-hydrogen) atoms. The number of nitrogens with two attached hydrogens (primary N) is 1. The van der Waals surface area contributed by atoms with E-state index >= 15 is 0 Å². The van der Waals surface area contributed by atoms with Gasteiger partial charge >= 0.3 is 0 Å². The topological polar surface area (TPSA) is 53.1 Å². The Balaban J connectivity index is 2.52. The van der Waals surface area contributed by atoms with Crippen molar-refractivity contribution >= 4 is 0 Å². The summed E-state index contributed by atoms with van der Waals surface area (Å²) >= 11 is 0. The van der Waals surface area contributed by atoms with E-state index in [0.717, 1.165) is 34.7 Å². The Hall–Kier alpha value is -1.81. The fraction of sp³-hybridized carbons (Fsp3) is 0.357. The summed E-state index contributed by atoms with van der Waals surface area (Å²) in [6.45, 7) is 5.46. The Morgan fingerprint density at radius 1 is 1.33 bits per heavy atom. The van der Waals surface area contributed by atoms with Crippen LogP contribution in [-0.4, -0.2) is 16.9 Å². The molecule has 2 N–H and O–H groups in total. The molecule has 0 saturated heterocycles. The largest absolute Gasteiger partial charge is 0.497 e. The lowest BCUT2D eigenvalue weighted by Crippen LogP contribution is -2.00. The number of rotatable bonds is 4. The van der Waals surface area contributed by atoms with Gasteiger partial charge in [-0.1, -0.05) is 6.07 Å². The number of aromatic nitrogens is 2. The van der Waals surface area contributed by atoms with Crippen LogP contribution in [0.5, 0.6) is 5.75 Å². The van der Waals surface area contributed by atoms with Gasteiger partial charge in [-0.3, -0.25) is 4.68 Å². The van der Waals surface area contributed by atoms with Crippen LogP contribution < -0.4 is 10.5 Å². The van der Waals surface area contributed by atoms with Gasteiger partial charge in [0.25, 0.3) is 0 Å². The van der Waals surface area contributed by atoms with Gasteiger partial charge in [0.15, 0.2) is 0 Å². The molecule has 0 fully saturated rings. The second-order valence-corrected chi connectivity index (χ2v) is 4.21. The lowest BCUT2D eigenvalue weighted by atomic mass is 10.00. The average Bonchev–Trinajstić information content (AvgIpc) is 2.79. The van der Waals surface area contributed by atoms with Crippen LogP contribution in [0.25, 0.3) is 11.1 Å². The van der Waals surface area contributed by atoms with Crippen LogP contribution in [-0.2, 0) is 13.1 Å². The van der Waals surface area contributed by atoms with E-state index in [-0.39, 0.29) is 0 Å². The molecule has 0 bridgehead atoms. The second kappa shape index (κ2) is 5.23. The van der Waals surface area contributed by atoms with Crippen LogP contribution in [0, 0.1) is 6.92 Å². The zero-order valence-corrected chi connectivity index (χ0v) is 11.1. The van der Waals surface area contributed by atoms with Crippen LogP contribution in [0.4, 0.5) is 0 Å². The fourth-order valence-corrected chi connectivity index (χ4v) is 2.07. The lowest BCUT2D eigenvalue weighted by Gasteiger charge is -2.09. The van der Waals surface area contributed by atoms with Gasteiger partial charge in [-0.2, -0.15) is 5.10 Å². The van der Waals surface area contributed by atoms with Crippen LogP contribution in [0.1, 0.15) is 18.2 Å². The van der Waals surface area contributed by atoms with Gasteiger partial charge in [0.05, 0.1) is 12.8 Å². The number of ether oxygens (including phenoxy) is 1. The molecule has 0 aliphatic rings. The van der Waals surface area contributed by atoms with E-state index in [0.29, 0.717) is 6.54 Å². The highest BCUT2D eigenvalue weighted by Gasteiger charge is 2.11. The van der Waals surface area contributed by atoms with E-state index in [1.54, 1.807) is 7.11 Å². The summed E-state index contributed by atoms with van der Waals surface area (Å²) in [5.74, 6) is 0.833. The number of aryl methyl sites for hydroxylation is 2. The molecule has 96 valence electrons. The first-order valence-electron chi connectivity index (χ1n) is 6.11. The minimum Gasteiger partial charge on any atom is -0.497 e. The van der Waals surface area contributed by atoms with Crippen molar-refractivity contribution in [2.24, 2.45) is 5.73 Å². The van der Waals surface area contributed by atoms with Crippen molar-refractivity contribution in [1.82, 2.24) is 9.78 Å². The molecule has 2 rings (SSSR count). The summed E-state index contributed by atoms with van der Waals surface area (Å²) in [7, 11) is 1.66. The van der Waals surface area contributed by atoms with Crippen LogP contribution >= 0.6 is 0 Å². The first-order valence-corrected chi connectivity index (χ1v) is 6.11. The van der Waals surface area contributed by atoms with Gasteiger partial charge < -0.3 is 10.5 Å². The molecule has 0 amide bonds. The highest BCUT2D eigenvalue weighted by atomic mass is 16.5. The third-order valence-electron chi connectivity index (χ3n) is 3.09. The molecule has 0 radical (unpaired) electrons. The third-order valence-corrected chi connectivity index (χ3v) is 3.09. The summed E-state index contributed by atoms with van der Waals surface area (Å²) in [5.41, 5.74) is 10.2. The monoisotopic (exact) mass is 245 g/mol. The zero-order chi connectivity index (χ0) is 13.1. The van der Waals surface area contributed by atoms with Crippen LogP contribution in [0.3, 0.4) is 0 Å². The summed E-state index contributed by atoms with van der Waals surface area (Å²) < 4.78 is 7.17. The normalized spacial score (nSPS) is 10.7. The van der Waals surface area contributed by atoms with Crippen LogP contribution in [0.2, 0.25) is 0 Å². The number of nitrogens with zero attached hydrogens (tertiary/aromatic N) is 2. The summed E-state index contributed by atoms with van der Waals surface area (Å²) in [6, 6.07) is 5.99. The maximum Gasteiger partial charge on any atom is 0.119 e. The minimum atomic E-state index is 0.489. The van der Waals surface area contributed by atoms with Crippen molar-refractivity contribution in [3.8, 4) is 16.9 Å². The van der Waals surface area contributed by atoms with Crippen molar-refractivity contribution in [3.63, 3.8) is 0 Å². The molecule has 1 aromatic heterocycles. The highest BCUT2D eigenvalue weighted by Crippen LogP contribution is 2.29. The quantitative estimate of drug-likeness (QED) is 0.899. The van der Waals surface area contributed by atoms with Crippen molar-refractivity contribution in [2.75, 3.05) is 7.11 Å². The van der Waals surface area contributed by atoms with Gasteiger partial charge in [0.1, 0.15) is 5.75 Å². The van der Waals surface area contributed by atoms with Crippen molar-refractivity contribution in [3.05, 3.63) is 35.7 Å². The molecule has 0 aliphatic heterocycles. The maximum atomic E-state index is 5.82. The number of benzene rings is 1. The smallest absolute Gasteiger partial charge is 0.119 e. The molecular weight excluding hydrogens is 226 g/mol. The van der Waals surface area contributed by atoms with Gasteiger partial charge in [-0.15, -0.1) is 0 Å². The molecule has 0 atom stereocenters. The number of methoxy groups -OCH3 is 1. The lowest BCUT2D eigenvalue weighted by molar-refractivity contribution is 0.414. The predicted octanol–water partition coefficient (Wildman–Crippen LogP) is 2.35. The molecule has 2 aromatic rings. The molecule has 0 spiro atoms. The van der Waals surface area contributed by atoms with E-state index in [1.165, 1.54) is 0 Å². The first kappa shape index (κ1) is 12.6. The standard InChI is InChI=1S/C14H19N3O/c1-4-17-9-14(10(2)16-17)13-6-5-12(18-3)7-11(13)8-15/h5-7,9H,4,8,15H2,1-3H3. The van der Waals surface area contributed by atoms with Crippen molar-refractivity contribution in [1.29, 1.82) is 0 Å². The Morgan fingerprint density at radius 2 is 2.11 bits per heavy atom. The molecule has 4 nitrogen and oxygen atoms in total. The average molecular weight is 245 g/mol. The second-order valence-electron chi connectivity index (χ2n) is 4.21. The summed E-state index contributed by atoms with van der Waals surface area (Å²) in [6.07, 6.45) is 2.07. The van der Waals surface area contributed by atoms with Crippen molar-refractivity contribution < 1.29 is 4.74 Å². The molecule has 0 unspecified atom stereocenters. The fourth-order valence-electron chi connectivity index (χ4n) is 2.07. The van der Waals surface area contributed by atoms with E-state index in [4.69, 9.17) is 10.5 Å². The number of hydrogen-bond acceptors (Lipinski definition) is 3. The van der Waals surface area contributed by atoms with Crippen molar-refractivity contribution in [2.45, 2.75) is 26.9 Å². The zero-order valence-electron chi connectivity index (χ0n) is 11.1. The van der Waals surface area contributed by atoms with Crippen LogP contribution in [0.15, 0.2) is 24.4 Å². The van der Waals surface area contributed by atoms with E-state index in [2.05, 4.69) is 18.2 Å². The maximum absolute atomic E-state index is 5.82. The molecule has 4 heteroatoms. The molecule has 0 aliphatic carbocycles. The molecular formula is C14H19N3O. The Bertz CT molecular complexity index is 546. The SMILES string of the molecule is CCn1cc(-c2ccc(OC)cc2CN)c(C)n1. The van der Waals surface area contributed by atoms with Gasteiger partial charge in [-0.05, 0) is 37.1 Å². The third kappa shape index (κ3) is 2.24. The van der Waals surface area contributed by atoms with Gasteiger partial charge in [-0.25, -0.2) is 0 Å². The Labute approximate surface area is 107 Å². The summed E-state index contributed by atoms with van der Waals surface area (Å²) in [4.78, 5) is 0. The van der Waals surface area contributed by atoms with E-state index in [9.17, 15) is 0 Å². The van der Waals surface area contributed by atoms with E-state index < -0.39 is 0 Å². The van der Waals surface area contributed by atoms with E-state index in [1.807, 2.05) is 29.8 Å². The Kier molecular flexibility index (Phi) is 3.67. The van der Waals surface area contributed by atoms with Gasteiger partial charge in [0.2, 0.25) is 0 Å². The number of hydrogen-bond donors (Lipinski definition) is 1. The summed E-state index contributed by atoms with van der Waals surface area (Å²) in [5, 5.41) is 4.47. The van der Waals surface area contributed by atoms with Gasteiger partial charge in [0, 0.05) is 24.8 Å². The highest BCUT2D eigenvalue weighted by molar-refractivity contribution is 5.69. The molecule has 0 saturated carbocycles. The predicted molar refractivity (Wildman–Crippen MR) is 72.5 cm³/mol. The minimum absolute atomic E-state index is 0.489. The first-order chi connectivity index (χ1) is 8.69. The Morgan fingerprint density at radius 3 is 2.67 bits per heavy atom. The molecule has 1 heterocycles.